The molecule has 0 aliphatic heterocycles. The summed E-state index contributed by atoms with van der Waals surface area (Å²) >= 11 is 2.68. The van der Waals surface area contributed by atoms with Crippen molar-refractivity contribution in [3.63, 3.8) is 0 Å². The Balaban J connectivity index is 1.94. The molecule has 1 aromatic carbocycles. The van der Waals surface area contributed by atoms with E-state index in [0.717, 1.165) is 11.7 Å². The fourth-order valence-electron chi connectivity index (χ4n) is 1.48. The second-order valence-corrected chi connectivity index (χ2v) is 6.70. The van der Waals surface area contributed by atoms with Crippen molar-refractivity contribution < 1.29 is 9.18 Å². The van der Waals surface area contributed by atoms with Gasteiger partial charge in [0, 0.05) is 6.54 Å². The molecule has 0 saturated heterocycles. The van der Waals surface area contributed by atoms with Crippen LogP contribution in [0.4, 0.5) is 15.2 Å². The summed E-state index contributed by atoms with van der Waals surface area (Å²) in [5.41, 5.74) is 0.181. The second-order valence-electron chi connectivity index (χ2n) is 4.13. The molecular weight excluding hydrogens is 311 g/mol. The monoisotopic (exact) mass is 326 g/mol. The Morgan fingerprint density at radius 3 is 2.90 bits per heavy atom. The molecule has 0 aliphatic carbocycles. The van der Waals surface area contributed by atoms with Crippen LogP contribution in [0.1, 0.15) is 13.8 Å². The zero-order valence-corrected chi connectivity index (χ0v) is 13.2. The van der Waals surface area contributed by atoms with Crippen molar-refractivity contribution in [1.29, 1.82) is 0 Å². The zero-order chi connectivity index (χ0) is 15.2. The van der Waals surface area contributed by atoms with Crippen LogP contribution in [0.2, 0.25) is 0 Å². The molecule has 5 nitrogen and oxygen atoms in total. The minimum atomic E-state index is -0.451. The molecule has 2 rings (SSSR count). The average Bonchev–Trinajstić information content (AvgIpc) is 2.89. The van der Waals surface area contributed by atoms with Crippen molar-refractivity contribution in [3.05, 3.63) is 30.1 Å². The number of benzene rings is 1. The molecule has 21 heavy (non-hydrogen) atoms. The van der Waals surface area contributed by atoms with Gasteiger partial charge in [0.1, 0.15) is 5.82 Å². The highest BCUT2D eigenvalue weighted by atomic mass is 32.2. The molecule has 1 atom stereocenters. The van der Waals surface area contributed by atoms with Crippen molar-refractivity contribution in [2.24, 2.45) is 0 Å². The van der Waals surface area contributed by atoms with E-state index in [9.17, 15) is 9.18 Å². The van der Waals surface area contributed by atoms with Gasteiger partial charge in [-0.25, -0.2) is 4.39 Å². The Morgan fingerprint density at radius 1 is 1.43 bits per heavy atom. The number of hydrogen-bond acceptors (Lipinski definition) is 6. The van der Waals surface area contributed by atoms with Crippen molar-refractivity contribution in [2.75, 3.05) is 17.2 Å². The van der Waals surface area contributed by atoms with Crippen molar-refractivity contribution in [1.82, 2.24) is 10.2 Å². The lowest BCUT2D eigenvalue weighted by atomic mass is 10.3. The van der Waals surface area contributed by atoms with Crippen LogP contribution in [0.15, 0.2) is 28.6 Å². The number of thioether (sulfide) groups is 1. The number of para-hydroxylation sites is 1. The lowest BCUT2D eigenvalue weighted by molar-refractivity contribution is -0.115. The van der Waals surface area contributed by atoms with E-state index in [0.29, 0.717) is 4.34 Å². The summed E-state index contributed by atoms with van der Waals surface area (Å²) in [6.07, 6.45) is 0. The molecule has 112 valence electrons. The molecule has 0 fully saturated rings. The van der Waals surface area contributed by atoms with E-state index in [1.807, 2.05) is 6.92 Å². The third-order valence-electron chi connectivity index (χ3n) is 2.51. The van der Waals surface area contributed by atoms with Gasteiger partial charge in [-0.1, -0.05) is 35.2 Å². The van der Waals surface area contributed by atoms with Crippen LogP contribution in [0.3, 0.4) is 0 Å². The number of hydrogen-bond donors (Lipinski definition) is 2. The van der Waals surface area contributed by atoms with Gasteiger partial charge in [0.05, 0.1) is 10.9 Å². The summed E-state index contributed by atoms with van der Waals surface area (Å²) in [5.74, 6) is -0.723. The average molecular weight is 326 g/mol. The van der Waals surface area contributed by atoms with E-state index < -0.39 is 11.1 Å². The Labute approximate surface area is 130 Å². The molecule has 1 amide bonds. The van der Waals surface area contributed by atoms with Crippen LogP contribution in [0, 0.1) is 5.82 Å². The standard InChI is InChI=1S/C13H15FN4OS2/c1-3-15-12-17-18-13(21-12)20-8(2)11(19)16-10-7-5-4-6-9(10)14/h4-8H,3H2,1-2H3,(H,15,17)(H,16,19)/t8-/m0/s1. The van der Waals surface area contributed by atoms with Crippen LogP contribution >= 0.6 is 23.1 Å². The second kappa shape index (κ2) is 7.37. The Morgan fingerprint density at radius 2 is 2.19 bits per heavy atom. The first-order valence-electron chi connectivity index (χ1n) is 6.39. The topological polar surface area (TPSA) is 66.9 Å². The highest BCUT2D eigenvalue weighted by Crippen LogP contribution is 2.29. The number of halogens is 1. The van der Waals surface area contributed by atoms with Gasteiger partial charge in [-0.3, -0.25) is 4.79 Å². The summed E-state index contributed by atoms with van der Waals surface area (Å²) in [4.78, 5) is 12.0. The lowest BCUT2D eigenvalue weighted by Crippen LogP contribution is -2.22. The van der Waals surface area contributed by atoms with Crippen molar-refractivity contribution >= 4 is 39.8 Å². The normalized spacial score (nSPS) is 12.0. The van der Waals surface area contributed by atoms with Gasteiger partial charge >= 0.3 is 0 Å². The number of nitrogens with zero attached hydrogens (tertiary/aromatic N) is 2. The summed E-state index contributed by atoms with van der Waals surface area (Å²) in [5, 5.41) is 13.9. The molecule has 0 unspecified atom stereocenters. The Kier molecular flexibility index (Phi) is 5.51. The molecule has 0 bridgehead atoms. The SMILES string of the molecule is CCNc1nnc(S[C@@H](C)C(=O)Nc2ccccc2F)s1. The number of nitrogens with one attached hydrogen (secondary N) is 2. The van der Waals surface area contributed by atoms with Crippen LogP contribution < -0.4 is 10.6 Å². The Hall–Kier alpha value is -1.67. The highest BCUT2D eigenvalue weighted by Gasteiger charge is 2.18. The van der Waals surface area contributed by atoms with Gasteiger partial charge in [0.2, 0.25) is 11.0 Å². The fraction of sp³-hybridized carbons (Fsp3) is 0.308. The lowest BCUT2D eigenvalue weighted by Gasteiger charge is -2.10. The van der Waals surface area contributed by atoms with Gasteiger partial charge < -0.3 is 10.6 Å². The summed E-state index contributed by atoms with van der Waals surface area (Å²) < 4.78 is 14.2. The van der Waals surface area contributed by atoms with E-state index in [1.165, 1.54) is 35.2 Å². The van der Waals surface area contributed by atoms with Crippen molar-refractivity contribution in [3.8, 4) is 0 Å². The molecule has 1 aromatic heterocycles. The Bertz CT molecular complexity index is 620. The maximum atomic E-state index is 13.5. The van der Waals surface area contributed by atoms with Gasteiger partial charge in [0.25, 0.3) is 0 Å². The van der Waals surface area contributed by atoms with E-state index in [-0.39, 0.29) is 11.6 Å². The molecule has 2 N–H and O–H groups in total. The number of carbonyl (C=O) groups excluding carboxylic acids is 1. The number of rotatable bonds is 6. The maximum Gasteiger partial charge on any atom is 0.237 e. The largest absolute Gasteiger partial charge is 0.360 e. The predicted molar refractivity (Wildman–Crippen MR) is 84.4 cm³/mol. The van der Waals surface area contributed by atoms with E-state index in [1.54, 1.807) is 19.1 Å². The molecule has 0 spiro atoms. The molecule has 0 radical (unpaired) electrons. The van der Waals surface area contributed by atoms with Crippen LogP contribution in [-0.2, 0) is 4.79 Å². The highest BCUT2D eigenvalue weighted by molar-refractivity contribution is 8.02. The van der Waals surface area contributed by atoms with Gasteiger partial charge in [-0.05, 0) is 26.0 Å². The first-order valence-corrected chi connectivity index (χ1v) is 8.09. The fourth-order valence-corrected chi connectivity index (χ4v) is 3.45. The molecule has 0 saturated carbocycles. The molecule has 2 aromatic rings. The third-order valence-corrected chi connectivity index (χ3v) is 4.58. The first-order chi connectivity index (χ1) is 10.1. The number of aromatic nitrogens is 2. The third kappa shape index (κ3) is 4.40. The minimum Gasteiger partial charge on any atom is -0.360 e. The number of anilines is 2. The zero-order valence-electron chi connectivity index (χ0n) is 11.6. The van der Waals surface area contributed by atoms with Crippen LogP contribution in [-0.4, -0.2) is 27.9 Å². The summed E-state index contributed by atoms with van der Waals surface area (Å²) in [6, 6.07) is 6.08. The van der Waals surface area contributed by atoms with Crippen LogP contribution in [0.25, 0.3) is 0 Å². The van der Waals surface area contributed by atoms with Crippen LogP contribution in [0.5, 0.6) is 0 Å². The number of amides is 1. The van der Waals surface area contributed by atoms with E-state index in [4.69, 9.17) is 0 Å². The van der Waals surface area contributed by atoms with Crippen molar-refractivity contribution in [2.45, 2.75) is 23.4 Å². The first kappa shape index (κ1) is 15.7. The molecular formula is C13H15FN4OS2. The quantitative estimate of drug-likeness (QED) is 0.798. The number of carbonyl (C=O) groups is 1. The minimum absolute atomic E-state index is 0.181. The summed E-state index contributed by atoms with van der Waals surface area (Å²) in [6.45, 7) is 4.48. The van der Waals surface area contributed by atoms with Gasteiger partial charge in [-0.15, -0.1) is 10.2 Å². The van der Waals surface area contributed by atoms with E-state index >= 15 is 0 Å². The molecule has 1 heterocycles. The summed E-state index contributed by atoms with van der Waals surface area (Å²) in [7, 11) is 0. The molecule has 0 aliphatic rings. The van der Waals surface area contributed by atoms with Gasteiger partial charge in [-0.2, -0.15) is 0 Å². The maximum absolute atomic E-state index is 13.5. The smallest absolute Gasteiger partial charge is 0.237 e. The molecule has 8 heteroatoms. The predicted octanol–water partition coefficient (Wildman–Crippen LogP) is 3.23. The van der Waals surface area contributed by atoms with E-state index in [2.05, 4.69) is 20.8 Å². The van der Waals surface area contributed by atoms with Gasteiger partial charge in [0.15, 0.2) is 4.34 Å².